The third kappa shape index (κ3) is 6.23. The minimum atomic E-state index is -0.237. The molecule has 0 saturated carbocycles. The Kier molecular flexibility index (Phi) is 8.27. The summed E-state index contributed by atoms with van der Waals surface area (Å²) in [6.07, 6.45) is 3.21. The van der Waals surface area contributed by atoms with Gasteiger partial charge in [-0.05, 0) is 43.3 Å². The first kappa shape index (κ1) is 26.1. The number of hydrogen-bond acceptors (Lipinski definition) is 4. The lowest BCUT2D eigenvalue weighted by molar-refractivity contribution is -0.141. The molecule has 1 aliphatic rings. The standard InChI is InChI=1S/C30H40N4O2/c1-22-10-9-11-23(16-22)18-33-20-26(25-12-7-6-8-13-25)32-29(33)28(30(2,3)4)34(27(35)21-36-5)19-24-14-15-31-17-24/h6-13,16,20,24,28,31H,14-15,17-19,21H2,1-5H3/t24-,28+/m1/s1. The fraction of sp³-hybridized carbons (Fsp3) is 0.467. The minimum absolute atomic E-state index is 0.00990. The number of nitrogens with zero attached hydrogens (tertiary/aromatic N) is 3. The zero-order valence-electron chi connectivity index (χ0n) is 22.3. The molecule has 1 aliphatic heterocycles. The molecule has 0 unspecified atom stereocenters. The van der Waals surface area contributed by atoms with E-state index in [-0.39, 0.29) is 24.0 Å². The van der Waals surface area contributed by atoms with Crippen LogP contribution in [0.4, 0.5) is 0 Å². The van der Waals surface area contributed by atoms with Crippen molar-refractivity contribution in [3.05, 3.63) is 77.7 Å². The molecule has 1 saturated heterocycles. The van der Waals surface area contributed by atoms with Crippen molar-refractivity contribution in [1.82, 2.24) is 19.8 Å². The molecule has 0 spiro atoms. The quantitative estimate of drug-likeness (QED) is 0.456. The van der Waals surface area contributed by atoms with E-state index in [4.69, 9.17) is 9.72 Å². The van der Waals surface area contributed by atoms with E-state index in [0.717, 1.165) is 36.6 Å². The molecule has 0 bridgehead atoms. The average molecular weight is 489 g/mol. The Morgan fingerprint density at radius 3 is 2.61 bits per heavy atom. The van der Waals surface area contributed by atoms with Gasteiger partial charge in [-0.15, -0.1) is 0 Å². The van der Waals surface area contributed by atoms with Crippen molar-refractivity contribution < 1.29 is 9.53 Å². The molecule has 1 amide bonds. The van der Waals surface area contributed by atoms with Gasteiger partial charge >= 0.3 is 0 Å². The Hall–Kier alpha value is -2.96. The maximum atomic E-state index is 13.5. The molecule has 1 N–H and O–H groups in total. The highest BCUT2D eigenvalue weighted by molar-refractivity contribution is 5.78. The fourth-order valence-electron chi connectivity index (χ4n) is 5.23. The summed E-state index contributed by atoms with van der Waals surface area (Å²) in [6, 6.07) is 18.7. The predicted molar refractivity (Wildman–Crippen MR) is 145 cm³/mol. The van der Waals surface area contributed by atoms with Crippen molar-refractivity contribution in [3.8, 4) is 11.3 Å². The highest BCUT2D eigenvalue weighted by Gasteiger charge is 2.39. The molecule has 4 rings (SSSR count). The molecule has 192 valence electrons. The van der Waals surface area contributed by atoms with Crippen LogP contribution >= 0.6 is 0 Å². The van der Waals surface area contributed by atoms with E-state index in [9.17, 15) is 4.79 Å². The van der Waals surface area contributed by atoms with Gasteiger partial charge in [-0.25, -0.2) is 4.98 Å². The van der Waals surface area contributed by atoms with E-state index < -0.39 is 0 Å². The normalized spacial score (nSPS) is 16.8. The smallest absolute Gasteiger partial charge is 0.249 e. The number of amides is 1. The van der Waals surface area contributed by atoms with Gasteiger partial charge in [-0.1, -0.05) is 80.9 Å². The maximum absolute atomic E-state index is 13.5. The molecule has 6 nitrogen and oxygen atoms in total. The zero-order chi connectivity index (χ0) is 25.7. The van der Waals surface area contributed by atoms with Crippen molar-refractivity contribution in [1.29, 1.82) is 0 Å². The van der Waals surface area contributed by atoms with Gasteiger partial charge in [0.1, 0.15) is 12.4 Å². The van der Waals surface area contributed by atoms with Crippen LogP contribution in [0.3, 0.4) is 0 Å². The number of rotatable bonds is 9. The molecule has 1 aromatic heterocycles. The topological polar surface area (TPSA) is 59.4 Å². The van der Waals surface area contributed by atoms with Gasteiger partial charge in [0, 0.05) is 32.0 Å². The summed E-state index contributed by atoms with van der Waals surface area (Å²) in [7, 11) is 1.59. The monoisotopic (exact) mass is 488 g/mol. The number of aromatic nitrogens is 2. The number of imidazole rings is 1. The Morgan fingerprint density at radius 2 is 1.97 bits per heavy atom. The number of carbonyl (C=O) groups excluding carboxylic acids is 1. The zero-order valence-corrected chi connectivity index (χ0v) is 22.3. The molecule has 6 heteroatoms. The molecule has 1 fully saturated rings. The number of carbonyl (C=O) groups is 1. The van der Waals surface area contributed by atoms with Gasteiger partial charge in [-0.3, -0.25) is 4.79 Å². The summed E-state index contributed by atoms with van der Waals surface area (Å²) in [5.74, 6) is 1.35. The van der Waals surface area contributed by atoms with Gasteiger partial charge in [0.25, 0.3) is 0 Å². The molecule has 36 heavy (non-hydrogen) atoms. The van der Waals surface area contributed by atoms with Crippen molar-refractivity contribution in [2.75, 3.05) is 33.4 Å². The summed E-state index contributed by atoms with van der Waals surface area (Å²) in [5.41, 5.74) is 4.21. The van der Waals surface area contributed by atoms with E-state index >= 15 is 0 Å². The third-order valence-corrected chi connectivity index (χ3v) is 6.89. The van der Waals surface area contributed by atoms with Gasteiger partial charge < -0.3 is 19.5 Å². The molecular weight excluding hydrogens is 448 g/mol. The third-order valence-electron chi connectivity index (χ3n) is 6.89. The molecular formula is C30H40N4O2. The van der Waals surface area contributed by atoms with Gasteiger partial charge in [0.05, 0.1) is 11.7 Å². The maximum Gasteiger partial charge on any atom is 0.249 e. The van der Waals surface area contributed by atoms with Crippen LogP contribution in [0.25, 0.3) is 11.3 Å². The molecule has 2 heterocycles. The summed E-state index contributed by atoms with van der Waals surface area (Å²) < 4.78 is 7.57. The molecule has 2 aromatic carbocycles. The first-order valence-corrected chi connectivity index (χ1v) is 12.9. The van der Waals surface area contributed by atoms with Crippen LogP contribution in [0.1, 0.15) is 50.2 Å². The number of hydrogen-bond donors (Lipinski definition) is 1. The van der Waals surface area contributed by atoms with Gasteiger partial charge in [-0.2, -0.15) is 0 Å². The van der Waals surface area contributed by atoms with Crippen LogP contribution < -0.4 is 5.32 Å². The van der Waals surface area contributed by atoms with Crippen LogP contribution in [-0.2, 0) is 16.1 Å². The van der Waals surface area contributed by atoms with Gasteiger partial charge in [0.15, 0.2) is 0 Å². The van der Waals surface area contributed by atoms with E-state index in [2.05, 4.69) is 80.2 Å². The number of ether oxygens (including phenoxy) is 1. The first-order chi connectivity index (χ1) is 17.3. The molecule has 0 radical (unpaired) electrons. The summed E-state index contributed by atoms with van der Waals surface area (Å²) in [4.78, 5) is 20.8. The number of nitrogens with one attached hydrogen (secondary N) is 1. The van der Waals surface area contributed by atoms with Crippen LogP contribution in [0.5, 0.6) is 0 Å². The van der Waals surface area contributed by atoms with Crippen LogP contribution in [-0.4, -0.2) is 53.7 Å². The SMILES string of the molecule is COCC(=O)N(C[C@@H]1CCNC1)[C@@H](c1nc(-c2ccccc2)cn1Cc1cccc(C)c1)C(C)(C)C. The van der Waals surface area contributed by atoms with E-state index in [1.807, 2.05) is 23.1 Å². The average Bonchev–Trinajstić information content (AvgIpc) is 3.49. The van der Waals surface area contributed by atoms with Crippen molar-refractivity contribution in [2.24, 2.45) is 11.3 Å². The van der Waals surface area contributed by atoms with Gasteiger partial charge in [0.2, 0.25) is 5.91 Å². The lowest BCUT2D eigenvalue weighted by Gasteiger charge is -2.41. The summed E-state index contributed by atoms with van der Waals surface area (Å²) >= 11 is 0. The van der Waals surface area contributed by atoms with E-state index in [1.54, 1.807) is 7.11 Å². The lowest BCUT2D eigenvalue weighted by Crippen LogP contribution is -2.46. The van der Waals surface area contributed by atoms with Crippen LogP contribution in [0, 0.1) is 18.3 Å². The van der Waals surface area contributed by atoms with Crippen LogP contribution in [0.2, 0.25) is 0 Å². The number of methoxy groups -OCH3 is 1. The minimum Gasteiger partial charge on any atom is -0.375 e. The second kappa shape index (κ2) is 11.4. The second-order valence-corrected chi connectivity index (χ2v) is 11.1. The van der Waals surface area contributed by atoms with E-state index in [0.29, 0.717) is 19.0 Å². The fourth-order valence-corrected chi connectivity index (χ4v) is 5.23. The summed E-state index contributed by atoms with van der Waals surface area (Å²) in [6.45, 7) is 12.1. The largest absolute Gasteiger partial charge is 0.375 e. The Balaban J connectivity index is 1.82. The number of aryl methyl sites for hydroxylation is 1. The Labute approximate surface area is 215 Å². The van der Waals surface area contributed by atoms with Crippen molar-refractivity contribution >= 4 is 5.91 Å². The number of benzene rings is 2. The summed E-state index contributed by atoms with van der Waals surface area (Å²) in [5, 5.41) is 3.45. The Morgan fingerprint density at radius 1 is 1.19 bits per heavy atom. The lowest BCUT2D eigenvalue weighted by atomic mass is 9.84. The molecule has 3 aromatic rings. The Bertz CT molecular complexity index is 1140. The van der Waals surface area contributed by atoms with Crippen LogP contribution in [0.15, 0.2) is 60.8 Å². The second-order valence-electron chi connectivity index (χ2n) is 11.1. The highest BCUT2D eigenvalue weighted by Crippen LogP contribution is 2.40. The molecule has 2 atom stereocenters. The van der Waals surface area contributed by atoms with E-state index in [1.165, 1.54) is 11.1 Å². The molecule has 0 aliphatic carbocycles. The predicted octanol–water partition coefficient (Wildman–Crippen LogP) is 5.08. The highest BCUT2D eigenvalue weighted by atomic mass is 16.5. The van der Waals surface area contributed by atoms with Crippen molar-refractivity contribution in [3.63, 3.8) is 0 Å². The van der Waals surface area contributed by atoms with Crippen molar-refractivity contribution in [2.45, 2.75) is 46.7 Å². The first-order valence-electron chi connectivity index (χ1n) is 12.9.